The zero-order chi connectivity index (χ0) is 17.3. The molecule has 0 heterocycles. The van der Waals surface area contributed by atoms with Crippen LogP contribution in [-0.2, 0) is 9.59 Å². The fourth-order valence-electron chi connectivity index (χ4n) is 2.32. The molecule has 7 heteroatoms. The van der Waals surface area contributed by atoms with Gasteiger partial charge >= 0.3 is 0 Å². The van der Waals surface area contributed by atoms with Crippen molar-refractivity contribution >= 4 is 46.4 Å². The average molecular weight is 367 g/mol. The van der Waals surface area contributed by atoms with Crippen molar-refractivity contribution in [3.05, 3.63) is 58.3 Å². The monoisotopic (exact) mass is 366 g/mol. The molecular weight excluding hydrogens is 354 g/mol. The summed E-state index contributed by atoms with van der Waals surface area (Å²) in [7, 11) is 0. The zero-order valence-corrected chi connectivity index (χ0v) is 13.9. The first-order valence-electron chi connectivity index (χ1n) is 7.24. The van der Waals surface area contributed by atoms with Crippen LogP contribution in [0.2, 0.25) is 10.0 Å². The molecule has 124 valence electrons. The van der Waals surface area contributed by atoms with E-state index in [4.69, 9.17) is 23.2 Å². The van der Waals surface area contributed by atoms with E-state index < -0.39 is 23.0 Å². The second-order valence-corrected chi connectivity index (χ2v) is 6.44. The molecule has 3 rings (SSSR count). The normalized spacial score (nSPS) is 14.8. The number of anilines is 2. The Balaban J connectivity index is 1.71. The minimum absolute atomic E-state index is 0.309. The standard InChI is InChI=1S/C17H13Cl2FN2O2/c18-13-5-4-12(9-14(13)19)22-16(24)17(6-7-17)15(23)21-11-3-1-2-10(20)8-11/h1-5,8-9H,6-7H2,(H,21,23)(H,22,24). The number of nitrogens with one attached hydrogen (secondary N) is 2. The highest BCUT2D eigenvalue weighted by molar-refractivity contribution is 6.42. The van der Waals surface area contributed by atoms with E-state index in [9.17, 15) is 14.0 Å². The third-order valence-electron chi connectivity index (χ3n) is 3.88. The van der Waals surface area contributed by atoms with Crippen molar-refractivity contribution in [2.45, 2.75) is 12.8 Å². The topological polar surface area (TPSA) is 58.2 Å². The highest BCUT2D eigenvalue weighted by Gasteiger charge is 2.56. The van der Waals surface area contributed by atoms with Gasteiger partial charge in [0.25, 0.3) is 0 Å². The Labute approximate surface area is 148 Å². The third kappa shape index (κ3) is 3.37. The van der Waals surface area contributed by atoms with Crippen molar-refractivity contribution in [1.29, 1.82) is 0 Å². The van der Waals surface area contributed by atoms with Gasteiger partial charge in [-0.3, -0.25) is 9.59 Å². The van der Waals surface area contributed by atoms with Gasteiger partial charge in [0.1, 0.15) is 11.2 Å². The van der Waals surface area contributed by atoms with Crippen molar-refractivity contribution in [3.8, 4) is 0 Å². The Bertz CT molecular complexity index is 822. The molecule has 0 radical (unpaired) electrons. The molecule has 2 N–H and O–H groups in total. The number of hydrogen-bond acceptors (Lipinski definition) is 2. The Hall–Kier alpha value is -2.11. The maximum absolute atomic E-state index is 13.2. The van der Waals surface area contributed by atoms with Crippen LogP contribution in [0.5, 0.6) is 0 Å². The van der Waals surface area contributed by atoms with Gasteiger partial charge in [-0.25, -0.2) is 4.39 Å². The molecule has 0 saturated heterocycles. The van der Waals surface area contributed by atoms with Crippen LogP contribution in [0.25, 0.3) is 0 Å². The van der Waals surface area contributed by atoms with Crippen molar-refractivity contribution in [2.75, 3.05) is 10.6 Å². The van der Waals surface area contributed by atoms with E-state index in [1.807, 2.05) is 0 Å². The maximum Gasteiger partial charge on any atom is 0.240 e. The number of halogens is 3. The molecule has 0 spiro atoms. The van der Waals surface area contributed by atoms with Crippen LogP contribution in [0.3, 0.4) is 0 Å². The number of rotatable bonds is 4. The summed E-state index contributed by atoms with van der Waals surface area (Å²) in [4.78, 5) is 24.9. The van der Waals surface area contributed by atoms with Gasteiger partial charge in [-0.15, -0.1) is 0 Å². The Kier molecular flexibility index (Phi) is 4.47. The molecule has 2 aromatic rings. The van der Waals surface area contributed by atoms with Crippen LogP contribution in [0.1, 0.15) is 12.8 Å². The lowest BCUT2D eigenvalue weighted by atomic mass is 10.0. The van der Waals surface area contributed by atoms with E-state index in [-0.39, 0.29) is 0 Å². The van der Waals surface area contributed by atoms with Crippen LogP contribution in [0.4, 0.5) is 15.8 Å². The molecule has 1 saturated carbocycles. The Morgan fingerprint density at radius 1 is 0.917 bits per heavy atom. The first-order chi connectivity index (χ1) is 11.4. The predicted molar refractivity (Wildman–Crippen MR) is 91.8 cm³/mol. The van der Waals surface area contributed by atoms with Crippen LogP contribution in [0, 0.1) is 11.2 Å². The summed E-state index contributed by atoms with van der Waals surface area (Å²) >= 11 is 11.7. The number of hydrogen-bond donors (Lipinski definition) is 2. The van der Waals surface area contributed by atoms with E-state index >= 15 is 0 Å². The van der Waals surface area contributed by atoms with Crippen molar-refractivity contribution in [2.24, 2.45) is 5.41 Å². The molecule has 0 atom stereocenters. The lowest BCUT2D eigenvalue weighted by Gasteiger charge is -2.16. The molecule has 4 nitrogen and oxygen atoms in total. The lowest BCUT2D eigenvalue weighted by Crippen LogP contribution is -2.35. The fraction of sp³-hybridized carbons (Fsp3) is 0.176. The van der Waals surface area contributed by atoms with Gasteiger partial charge < -0.3 is 10.6 Å². The van der Waals surface area contributed by atoms with E-state index in [1.165, 1.54) is 24.3 Å². The van der Waals surface area contributed by atoms with Gasteiger partial charge in [0.2, 0.25) is 11.8 Å². The van der Waals surface area contributed by atoms with Gasteiger partial charge in [-0.1, -0.05) is 29.3 Å². The summed E-state index contributed by atoms with van der Waals surface area (Å²) in [6.45, 7) is 0. The highest BCUT2D eigenvalue weighted by Crippen LogP contribution is 2.47. The summed E-state index contributed by atoms with van der Waals surface area (Å²) in [6.07, 6.45) is 0.864. The Morgan fingerprint density at radius 3 is 2.08 bits per heavy atom. The van der Waals surface area contributed by atoms with Crippen molar-refractivity contribution < 1.29 is 14.0 Å². The first-order valence-corrected chi connectivity index (χ1v) is 8.00. The van der Waals surface area contributed by atoms with Crippen LogP contribution >= 0.6 is 23.2 Å². The van der Waals surface area contributed by atoms with E-state index in [0.29, 0.717) is 34.3 Å². The van der Waals surface area contributed by atoms with Crippen molar-refractivity contribution in [1.82, 2.24) is 0 Å². The summed E-state index contributed by atoms with van der Waals surface area (Å²) in [5, 5.41) is 5.94. The number of amides is 2. The molecule has 1 aliphatic rings. The summed E-state index contributed by atoms with van der Waals surface area (Å²) in [5.74, 6) is -1.33. The van der Waals surface area contributed by atoms with Crippen molar-refractivity contribution in [3.63, 3.8) is 0 Å². The quantitative estimate of drug-likeness (QED) is 0.783. The van der Waals surface area contributed by atoms with Gasteiger partial charge in [0.15, 0.2) is 0 Å². The largest absolute Gasteiger partial charge is 0.325 e. The highest BCUT2D eigenvalue weighted by atomic mass is 35.5. The molecule has 2 amide bonds. The van der Waals surface area contributed by atoms with Gasteiger partial charge in [0.05, 0.1) is 10.0 Å². The molecule has 0 bridgehead atoms. The second kappa shape index (κ2) is 6.42. The SMILES string of the molecule is O=C(Nc1cccc(F)c1)C1(C(=O)Nc2ccc(Cl)c(Cl)c2)CC1. The van der Waals surface area contributed by atoms with Crippen LogP contribution in [-0.4, -0.2) is 11.8 Å². The number of carbonyl (C=O) groups is 2. The Morgan fingerprint density at radius 2 is 1.54 bits per heavy atom. The molecule has 0 aromatic heterocycles. The fourth-order valence-corrected chi connectivity index (χ4v) is 2.62. The van der Waals surface area contributed by atoms with Gasteiger partial charge in [-0.05, 0) is 49.2 Å². The first kappa shape index (κ1) is 16.7. The predicted octanol–water partition coefficient (Wildman–Crippen LogP) is 4.49. The van der Waals surface area contributed by atoms with Gasteiger partial charge in [0, 0.05) is 11.4 Å². The molecular formula is C17H13Cl2FN2O2. The number of carbonyl (C=O) groups excluding carboxylic acids is 2. The summed E-state index contributed by atoms with van der Waals surface area (Å²) < 4.78 is 13.2. The summed E-state index contributed by atoms with van der Waals surface area (Å²) in [6, 6.07) is 10.2. The smallest absolute Gasteiger partial charge is 0.240 e. The minimum atomic E-state index is -1.14. The van der Waals surface area contributed by atoms with Crippen LogP contribution < -0.4 is 10.6 Å². The van der Waals surface area contributed by atoms with E-state index in [1.54, 1.807) is 18.2 Å². The average Bonchev–Trinajstić information content (AvgIpc) is 3.33. The maximum atomic E-state index is 13.2. The van der Waals surface area contributed by atoms with E-state index in [2.05, 4.69) is 10.6 Å². The summed E-state index contributed by atoms with van der Waals surface area (Å²) in [5.41, 5.74) is -0.369. The van der Waals surface area contributed by atoms with Gasteiger partial charge in [-0.2, -0.15) is 0 Å². The zero-order valence-electron chi connectivity index (χ0n) is 12.4. The lowest BCUT2D eigenvalue weighted by molar-refractivity contribution is -0.131. The number of benzene rings is 2. The second-order valence-electron chi connectivity index (χ2n) is 5.63. The van der Waals surface area contributed by atoms with E-state index in [0.717, 1.165) is 0 Å². The molecule has 2 aromatic carbocycles. The minimum Gasteiger partial charge on any atom is -0.325 e. The molecule has 0 aliphatic heterocycles. The van der Waals surface area contributed by atoms with Crippen LogP contribution in [0.15, 0.2) is 42.5 Å². The molecule has 0 unspecified atom stereocenters. The third-order valence-corrected chi connectivity index (χ3v) is 4.62. The molecule has 1 fully saturated rings. The molecule has 24 heavy (non-hydrogen) atoms. The molecule has 1 aliphatic carbocycles.